The highest BCUT2D eigenvalue weighted by atomic mass is 16.5. The van der Waals surface area contributed by atoms with Crippen molar-refractivity contribution in [1.29, 1.82) is 0 Å². The quantitative estimate of drug-likeness (QED) is 0.0549. The normalized spacial score (nSPS) is 11.1. The molecule has 0 radical (unpaired) electrons. The predicted molar refractivity (Wildman–Crippen MR) is 223 cm³/mol. The van der Waals surface area contributed by atoms with E-state index in [2.05, 4.69) is 26.1 Å². The van der Waals surface area contributed by atoms with Gasteiger partial charge in [-0.25, -0.2) is 0 Å². The zero-order chi connectivity index (χ0) is 36.3. The first-order valence-corrected chi connectivity index (χ1v) is 22.9. The minimum atomic E-state index is -1.02. The van der Waals surface area contributed by atoms with E-state index in [0.717, 1.165) is 12.8 Å². The molecule has 1 aromatic rings. The molecule has 2 N–H and O–H groups in total. The second-order valence-electron chi connectivity index (χ2n) is 15.4. The van der Waals surface area contributed by atoms with E-state index in [0.29, 0.717) is 12.1 Å². The molecule has 0 spiro atoms. The highest BCUT2D eigenvalue weighted by molar-refractivity contribution is 6.58. The highest BCUT2D eigenvalue weighted by Crippen LogP contribution is 2.15. The number of quaternary nitrogens is 1. The van der Waals surface area contributed by atoms with Gasteiger partial charge in [0.05, 0.1) is 13.1 Å². The molecular formula is C46H90BNO2. The fourth-order valence-electron chi connectivity index (χ4n) is 6.86. The number of unbranched alkanes of at least 4 members (excludes halogenated alkanes) is 31. The molecule has 1 rings (SSSR count). The Kier molecular flexibility index (Phi) is 43.6. The molecule has 0 atom stereocenters. The van der Waals surface area contributed by atoms with Gasteiger partial charge in [-0.05, 0) is 32.1 Å². The van der Waals surface area contributed by atoms with Crippen LogP contribution in [-0.4, -0.2) is 26.8 Å². The molecule has 1 aromatic carbocycles. The van der Waals surface area contributed by atoms with Crippen molar-refractivity contribution in [3.8, 4) is 0 Å². The Morgan fingerprint density at radius 3 is 0.980 bits per heavy atom. The van der Waals surface area contributed by atoms with Crippen molar-refractivity contribution in [3.05, 3.63) is 30.3 Å². The van der Waals surface area contributed by atoms with Gasteiger partial charge in [-0.15, -0.1) is 0 Å². The highest BCUT2D eigenvalue weighted by Gasteiger charge is 2.01. The van der Waals surface area contributed by atoms with Crippen molar-refractivity contribution in [1.82, 2.24) is 0 Å². The maximum absolute atomic E-state index is 11.4. The van der Waals surface area contributed by atoms with Crippen LogP contribution in [0.15, 0.2) is 30.3 Å². The zero-order valence-electron chi connectivity index (χ0n) is 34.5. The summed E-state index contributed by atoms with van der Waals surface area (Å²) in [6, 6.07) is 9.18. The Hall–Kier alpha value is -0.835. The Bertz CT molecular complexity index is 683. The van der Waals surface area contributed by atoms with Gasteiger partial charge in [-0.3, -0.25) is 0 Å². The molecule has 0 aliphatic rings. The lowest BCUT2D eigenvalue weighted by atomic mass is 9.80. The van der Waals surface area contributed by atoms with Gasteiger partial charge in [0.2, 0.25) is 7.12 Å². The van der Waals surface area contributed by atoms with Crippen LogP contribution in [0.25, 0.3) is 0 Å². The summed E-state index contributed by atoms with van der Waals surface area (Å²) in [7, 11) is -1.02. The Morgan fingerprint density at radius 2 is 0.680 bits per heavy atom. The molecule has 0 saturated carbocycles. The molecule has 0 saturated heterocycles. The third-order valence-corrected chi connectivity index (χ3v) is 10.4. The van der Waals surface area contributed by atoms with Gasteiger partial charge < -0.3 is 15.0 Å². The first kappa shape index (κ1) is 49.2. The summed E-state index contributed by atoms with van der Waals surface area (Å²) < 4.78 is 5.11. The van der Waals surface area contributed by atoms with Crippen molar-refractivity contribution < 1.29 is 15.0 Å². The standard InChI is InChI=1S/C36H75N.C10H14BO2/c1-3-5-7-9-11-13-15-17-19-21-23-25-27-29-31-33-35-37-36-34-32-30-28-26-24-22-20-18-16-14-12-10-8-6-4-2;1-2-3-9-13-11(12)10-7-5-4-6-8-10/h37H,3-36H2,1-2H3;4-8H,2-3,9H2,1H3/q;-1/p+1. The van der Waals surface area contributed by atoms with Crippen LogP contribution in [0.1, 0.15) is 239 Å². The van der Waals surface area contributed by atoms with Gasteiger partial charge >= 0.3 is 0 Å². The molecule has 4 heteroatoms. The van der Waals surface area contributed by atoms with Gasteiger partial charge in [0.1, 0.15) is 0 Å². The smallest absolute Gasteiger partial charge is 0.217 e. The Labute approximate surface area is 315 Å². The molecule has 0 aromatic heterocycles. The van der Waals surface area contributed by atoms with Crippen LogP contribution in [-0.2, 0) is 4.65 Å². The average Bonchev–Trinajstić information content (AvgIpc) is 3.14. The van der Waals surface area contributed by atoms with Crippen molar-refractivity contribution in [2.24, 2.45) is 0 Å². The third kappa shape index (κ3) is 39.9. The van der Waals surface area contributed by atoms with E-state index in [9.17, 15) is 5.02 Å². The van der Waals surface area contributed by atoms with Crippen LogP contribution < -0.4 is 15.8 Å². The lowest BCUT2D eigenvalue weighted by molar-refractivity contribution is -0.655. The maximum atomic E-state index is 11.4. The Morgan fingerprint density at radius 1 is 0.400 bits per heavy atom. The predicted octanol–water partition coefficient (Wildman–Crippen LogP) is 12.6. The first-order chi connectivity index (χ1) is 24.8. The lowest BCUT2D eigenvalue weighted by Gasteiger charge is -2.19. The molecule has 50 heavy (non-hydrogen) atoms. The number of rotatable bonds is 39. The molecule has 0 amide bonds. The van der Waals surface area contributed by atoms with Crippen molar-refractivity contribution in [2.45, 2.75) is 239 Å². The number of benzene rings is 1. The molecule has 0 bridgehead atoms. The second kappa shape index (κ2) is 44.3. The van der Waals surface area contributed by atoms with Crippen molar-refractivity contribution in [3.63, 3.8) is 0 Å². The van der Waals surface area contributed by atoms with Crippen LogP contribution in [0.5, 0.6) is 0 Å². The van der Waals surface area contributed by atoms with Gasteiger partial charge in [-0.1, -0.05) is 243 Å². The lowest BCUT2D eigenvalue weighted by Crippen LogP contribution is -2.84. The number of nitrogens with two attached hydrogens (primary N) is 1. The fraction of sp³-hybridized carbons (Fsp3) is 0.870. The topological polar surface area (TPSA) is 48.9 Å². The molecule has 294 valence electrons. The summed E-state index contributed by atoms with van der Waals surface area (Å²) >= 11 is 0. The van der Waals surface area contributed by atoms with Crippen molar-refractivity contribution >= 4 is 12.6 Å². The molecule has 3 nitrogen and oxygen atoms in total. The molecule has 0 aliphatic carbocycles. The summed E-state index contributed by atoms with van der Waals surface area (Å²) in [4.78, 5) is 0. The van der Waals surface area contributed by atoms with Gasteiger partial charge in [0.25, 0.3) is 0 Å². The largest absolute Gasteiger partial charge is 0.853 e. The molecule has 0 aliphatic heterocycles. The van der Waals surface area contributed by atoms with Gasteiger partial charge in [0.15, 0.2) is 0 Å². The van der Waals surface area contributed by atoms with Crippen LogP contribution in [0.3, 0.4) is 0 Å². The van der Waals surface area contributed by atoms with Crippen LogP contribution in [0.2, 0.25) is 0 Å². The first-order valence-electron chi connectivity index (χ1n) is 22.9. The van der Waals surface area contributed by atoms with E-state index >= 15 is 0 Å². The summed E-state index contributed by atoms with van der Waals surface area (Å²) in [6.07, 6.45) is 49.1. The molecule has 0 unspecified atom stereocenters. The van der Waals surface area contributed by atoms with Crippen LogP contribution in [0, 0.1) is 0 Å². The molecular weight excluding hydrogens is 609 g/mol. The van der Waals surface area contributed by atoms with Crippen LogP contribution in [0.4, 0.5) is 0 Å². The molecule has 0 heterocycles. The molecule has 0 fully saturated rings. The monoisotopic (exact) mass is 700 g/mol. The van der Waals surface area contributed by atoms with E-state index in [1.54, 1.807) is 12.1 Å². The van der Waals surface area contributed by atoms with Gasteiger partial charge in [-0.2, -0.15) is 0 Å². The maximum Gasteiger partial charge on any atom is 0.217 e. The third-order valence-electron chi connectivity index (χ3n) is 10.4. The second-order valence-corrected chi connectivity index (χ2v) is 15.4. The van der Waals surface area contributed by atoms with E-state index in [1.165, 1.54) is 219 Å². The minimum absolute atomic E-state index is 0.555. The summed E-state index contributed by atoms with van der Waals surface area (Å²) in [6.45, 7) is 9.99. The van der Waals surface area contributed by atoms with E-state index in [1.807, 2.05) is 18.2 Å². The SMILES string of the molecule is CCCCCCCCCCCCCCCCCC[NH2+]CCCCCCCCCCCCCCCCCC.CCCCOB([O-])c1ccccc1. The fourth-order valence-corrected chi connectivity index (χ4v) is 6.86. The minimum Gasteiger partial charge on any atom is -0.853 e. The van der Waals surface area contributed by atoms with E-state index in [-0.39, 0.29) is 0 Å². The number of hydrogen-bond acceptors (Lipinski definition) is 2. The summed E-state index contributed by atoms with van der Waals surface area (Å²) in [5, 5.41) is 14.0. The Balaban J connectivity index is 0.00000153. The zero-order valence-corrected chi connectivity index (χ0v) is 34.5. The van der Waals surface area contributed by atoms with Crippen molar-refractivity contribution in [2.75, 3.05) is 19.7 Å². The average molecular weight is 700 g/mol. The van der Waals surface area contributed by atoms with Gasteiger partial charge in [0, 0.05) is 6.61 Å². The summed E-state index contributed by atoms with van der Waals surface area (Å²) in [5.41, 5.74) is 0.707. The summed E-state index contributed by atoms with van der Waals surface area (Å²) in [5.74, 6) is 0. The van der Waals surface area contributed by atoms with E-state index in [4.69, 9.17) is 4.65 Å². The number of hydrogen-bond donors (Lipinski definition) is 1. The van der Waals surface area contributed by atoms with E-state index < -0.39 is 7.12 Å². The van der Waals surface area contributed by atoms with Crippen LogP contribution >= 0.6 is 0 Å².